The molecule has 1 aromatic rings. The van der Waals surface area contributed by atoms with E-state index >= 15 is 0 Å². The molecule has 6 heteroatoms. The minimum absolute atomic E-state index is 0.0440. The third kappa shape index (κ3) is 5.46. The Bertz CT molecular complexity index is 676. The van der Waals surface area contributed by atoms with Crippen LogP contribution in [0.25, 0.3) is 0 Å². The maximum absolute atomic E-state index is 12.6. The Balaban J connectivity index is 2.21. The Morgan fingerprint density at radius 1 is 1.43 bits per heavy atom. The van der Waals surface area contributed by atoms with Gasteiger partial charge in [-0.25, -0.2) is 8.42 Å². The molecule has 0 aromatic carbocycles. The van der Waals surface area contributed by atoms with E-state index in [-0.39, 0.29) is 28.9 Å². The molecule has 0 spiro atoms. The number of amides is 1. The van der Waals surface area contributed by atoms with Gasteiger partial charge in [-0.3, -0.25) is 9.78 Å². The van der Waals surface area contributed by atoms with Crippen LogP contribution in [-0.4, -0.2) is 41.8 Å². The molecule has 0 aliphatic carbocycles. The van der Waals surface area contributed by atoms with E-state index in [0.717, 1.165) is 5.56 Å². The van der Waals surface area contributed by atoms with Crippen LogP contribution in [-0.2, 0) is 21.2 Å². The van der Waals surface area contributed by atoms with Crippen LogP contribution in [0, 0.1) is 5.41 Å². The summed E-state index contributed by atoms with van der Waals surface area (Å²) in [5.41, 5.74) is 0.798. The molecule has 0 N–H and O–H groups in total. The number of pyridine rings is 1. The monoisotopic (exact) mass is 336 g/mol. The highest BCUT2D eigenvalue weighted by atomic mass is 32.2. The second-order valence-electron chi connectivity index (χ2n) is 7.08. The Hall–Kier alpha value is -1.69. The van der Waals surface area contributed by atoms with Crippen molar-refractivity contribution in [1.82, 2.24) is 9.88 Å². The fraction of sp³-hybridized carbons (Fsp3) is 0.529. The highest BCUT2D eigenvalue weighted by molar-refractivity contribution is 7.91. The van der Waals surface area contributed by atoms with E-state index in [4.69, 9.17) is 0 Å². The topological polar surface area (TPSA) is 67.3 Å². The lowest BCUT2D eigenvalue weighted by atomic mass is 9.96. The van der Waals surface area contributed by atoms with E-state index in [2.05, 4.69) is 4.98 Å². The molecular formula is C17H24N2O3S. The molecule has 1 aliphatic heterocycles. The average molecular weight is 336 g/mol. The van der Waals surface area contributed by atoms with E-state index in [1.165, 1.54) is 0 Å². The maximum atomic E-state index is 12.6. The molecular weight excluding hydrogens is 312 g/mol. The molecule has 1 fully saturated rings. The summed E-state index contributed by atoms with van der Waals surface area (Å²) in [7, 11) is -3.04. The summed E-state index contributed by atoms with van der Waals surface area (Å²) in [5, 5.41) is 0. The van der Waals surface area contributed by atoms with Gasteiger partial charge in [0.05, 0.1) is 11.5 Å². The van der Waals surface area contributed by atoms with Gasteiger partial charge < -0.3 is 4.90 Å². The lowest BCUT2D eigenvalue weighted by molar-refractivity contribution is -0.128. The number of nitrogens with zero attached hydrogens (tertiary/aromatic N) is 2. The van der Waals surface area contributed by atoms with Gasteiger partial charge in [-0.05, 0) is 29.5 Å². The fourth-order valence-electron chi connectivity index (χ4n) is 2.51. The largest absolute Gasteiger partial charge is 0.331 e. The Morgan fingerprint density at radius 2 is 2.17 bits per heavy atom. The second kappa shape index (κ2) is 6.83. The van der Waals surface area contributed by atoms with Crippen LogP contribution in [0.4, 0.5) is 0 Å². The summed E-state index contributed by atoms with van der Waals surface area (Å²) in [4.78, 5) is 18.3. The van der Waals surface area contributed by atoms with E-state index in [0.29, 0.717) is 13.0 Å². The zero-order valence-corrected chi connectivity index (χ0v) is 14.7. The normalized spacial score (nSPS) is 20.7. The van der Waals surface area contributed by atoms with Crippen molar-refractivity contribution in [1.29, 1.82) is 0 Å². The SMILES string of the molecule is CC(C)(C)/C=C/C(=O)N(Cc1cccnc1)C1CCS(=O)(=O)C1. The molecule has 0 bridgehead atoms. The first-order valence-electron chi connectivity index (χ1n) is 7.75. The summed E-state index contributed by atoms with van der Waals surface area (Å²) in [6, 6.07) is 3.44. The number of allylic oxidation sites excluding steroid dienone is 1. The summed E-state index contributed by atoms with van der Waals surface area (Å²) >= 11 is 0. The van der Waals surface area contributed by atoms with E-state index in [1.54, 1.807) is 23.4 Å². The number of aromatic nitrogens is 1. The van der Waals surface area contributed by atoms with E-state index < -0.39 is 9.84 Å². The maximum Gasteiger partial charge on any atom is 0.246 e. The fourth-order valence-corrected chi connectivity index (χ4v) is 4.24. The van der Waals surface area contributed by atoms with Gasteiger partial charge in [0.15, 0.2) is 9.84 Å². The Kier molecular flexibility index (Phi) is 5.24. The van der Waals surface area contributed by atoms with Gasteiger partial charge in [-0.2, -0.15) is 0 Å². The van der Waals surface area contributed by atoms with Gasteiger partial charge in [0.25, 0.3) is 0 Å². The summed E-state index contributed by atoms with van der Waals surface area (Å²) < 4.78 is 23.5. The van der Waals surface area contributed by atoms with Crippen molar-refractivity contribution in [3.05, 3.63) is 42.2 Å². The molecule has 2 rings (SSSR count). The molecule has 1 amide bonds. The first kappa shape index (κ1) is 17.7. The number of hydrogen-bond donors (Lipinski definition) is 0. The standard InChI is InChI=1S/C17H24N2O3S/c1-17(2,3)8-6-16(20)19(12-14-5-4-9-18-11-14)15-7-10-23(21,22)13-15/h4-6,8-9,11,15H,7,10,12-13H2,1-3H3/b8-6+. The van der Waals surface area contributed by atoms with Crippen LogP contribution in [0.2, 0.25) is 0 Å². The summed E-state index contributed by atoms with van der Waals surface area (Å²) in [6.45, 7) is 6.42. The predicted octanol–water partition coefficient (Wildman–Crippen LogP) is 2.20. The van der Waals surface area contributed by atoms with Crippen LogP contribution >= 0.6 is 0 Å². The number of sulfone groups is 1. The van der Waals surface area contributed by atoms with Crippen molar-refractivity contribution in [3.8, 4) is 0 Å². The molecule has 5 nitrogen and oxygen atoms in total. The minimum atomic E-state index is -3.04. The first-order valence-corrected chi connectivity index (χ1v) is 9.58. The predicted molar refractivity (Wildman–Crippen MR) is 90.4 cm³/mol. The zero-order valence-electron chi connectivity index (χ0n) is 13.9. The highest BCUT2D eigenvalue weighted by Crippen LogP contribution is 2.21. The average Bonchev–Trinajstić information content (AvgIpc) is 2.82. The number of carbonyl (C=O) groups excluding carboxylic acids is 1. The third-order valence-corrected chi connectivity index (χ3v) is 5.48. The van der Waals surface area contributed by atoms with E-state index in [9.17, 15) is 13.2 Å². The van der Waals surface area contributed by atoms with Gasteiger partial charge in [-0.1, -0.05) is 32.9 Å². The molecule has 0 radical (unpaired) electrons. The van der Waals surface area contributed by atoms with Crippen LogP contribution < -0.4 is 0 Å². The van der Waals surface area contributed by atoms with Crippen molar-refractivity contribution in [2.75, 3.05) is 11.5 Å². The molecule has 23 heavy (non-hydrogen) atoms. The van der Waals surface area contributed by atoms with Crippen molar-refractivity contribution < 1.29 is 13.2 Å². The van der Waals surface area contributed by atoms with Crippen LogP contribution in [0.5, 0.6) is 0 Å². The van der Waals surface area contributed by atoms with E-state index in [1.807, 2.05) is 39.0 Å². The van der Waals surface area contributed by atoms with Crippen LogP contribution in [0.3, 0.4) is 0 Å². The van der Waals surface area contributed by atoms with Crippen molar-refractivity contribution in [2.24, 2.45) is 5.41 Å². The molecule has 1 atom stereocenters. The third-order valence-electron chi connectivity index (χ3n) is 3.73. The lowest BCUT2D eigenvalue weighted by Gasteiger charge is -2.27. The molecule has 2 heterocycles. The van der Waals surface area contributed by atoms with Gasteiger partial charge >= 0.3 is 0 Å². The number of carbonyl (C=O) groups is 1. The molecule has 1 unspecified atom stereocenters. The number of hydrogen-bond acceptors (Lipinski definition) is 4. The van der Waals surface area contributed by atoms with Gasteiger partial charge in [0.1, 0.15) is 0 Å². The Morgan fingerprint density at radius 3 is 2.70 bits per heavy atom. The van der Waals surface area contributed by atoms with Crippen LogP contribution in [0.15, 0.2) is 36.7 Å². The lowest BCUT2D eigenvalue weighted by Crippen LogP contribution is -2.39. The van der Waals surface area contributed by atoms with Gasteiger partial charge in [0.2, 0.25) is 5.91 Å². The van der Waals surface area contributed by atoms with Crippen molar-refractivity contribution in [3.63, 3.8) is 0 Å². The highest BCUT2D eigenvalue weighted by Gasteiger charge is 2.34. The summed E-state index contributed by atoms with van der Waals surface area (Å²) in [5.74, 6) is 0.0469. The molecule has 1 saturated heterocycles. The quantitative estimate of drug-likeness (QED) is 0.791. The van der Waals surface area contributed by atoms with Crippen LogP contribution in [0.1, 0.15) is 32.8 Å². The van der Waals surface area contributed by atoms with Crippen molar-refractivity contribution in [2.45, 2.75) is 39.8 Å². The Labute approximate surface area is 138 Å². The van der Waals surface area contributed by atoms with Gasteiger partial charge in [0, 0.05) is 25.0 Å². The van der Waals surface area contributed by atoms with Crippen molar-refractivity contribution >= 4 is 15.7 Å². The number of rotatable bonds is 4. The molecule has 126 valence electrons. The zero-order chi connectivity index (χ0) is 17.1. The minimum Gasteiger partial charge on any atom is -0.331 e. The smallest absolute Gasteiger partial charge is 0.246 e. The van der Waals surface area contributed by atoms with Gasteiger partial charge in [-0.15, -0.1) is 0 Å². The second-order valence-corrected chi connectivity index (χ2v) is 9.31. The molecule has 1 aliphatic rings. The molecule has 1 aromatic heterocycles. The first-order chi connectivity index (χ1) is 10.7. The molecule has 0 saturated carbocycles. The summed E-state index contributed by atoms with van der Waals surface area (Å²) in [6.07, 6.45) is 7.29.